The molecule has 8 heteroatoms. The van der Waals surface area contributed by atoms with Crippen molar-refractivity contribution in [1.29, 1.82) is 0 Å². The SMILES string of the molecule is C=CCn1c(SC(C)C(=O)Nc2ccc(OCc3ccccc3)cc2)nnc1-c1ccncc1. The van der Waals surface area contributed by atoms with Gasteiger partial charge in [0.1, 0.15) is 12.4 Å². The smallest absolute Gasteiger partial charge is 0.237 e. The summed E-state index contributed by atoms with van der Waals surface area (Å²) in [6.07, 6.45) is 5.20. The van der Waals surface area contributed by atoms with Crippen molar-refractivity contribution >= 4 is 23.4 Å². The molecule has 1 amide bonds. The molecule has 0 radical (unpaired) electrons. The summed E-state index contributed by atoms with van der Waals surface area (Å²) in [4.78, 5) is 16.9. The molecule has 1 N–H and O–H groups in total. The minimum absolute atomic E-state index is 0.124. The van der Waals surface area contributed by atoms with Gasteiger partial charge in [0.25, 0.3) is 0 Å². The minimum Gasteiger partial charge on any atom is -0.489 e. The zero-order chi connectivity index (χ0) is 23.8. The van der Waals surface area contributed by atoms with Crippen LogP contribution in [-0.2, 0) is 17.9 Å². The van der Waals surface area contributed by atoms with Gasteiger partial charge in [-0.05, 0) is 48.9 Å². The van der Waals surface area contributed by atoms with E-state index in [1.807, 2.05) is 78.2 Å². The largest absolute Gasteiger partial charge is 0.489 e. The van der Waals surface area contributed by atoms with Crippen LogP contribution in [0, 0.1) is 0 Å². The zero-order valence-corrected chi connectivity index (χ0v) is 19.6. The number of hydrogen-bond donors (Lipinski definition) is 1. The zero-order valence-electron chi connectivity index (χ0n) is 18.8. The highest BCUT2D eigenvalue weighted by Gasteiger charge is 2.20. The number of hydrogen-bond acceptors (Lipinski definition) is 6. The molecule has 2 aromatic heterocycles. The van der Waals surface area contributed by atoms with Crippen LogP contribution in [0.2, 0.25) is 0 Å². The molecule has 0 fully saturated rings. The van der Waals surface area contributed by atoms with Crippen LogP contribution >= 0.6 is 11.8 Å². The van der Waals surface area contributed by atoms with Crippen molar-refractivity contribution in [3.05, 3.63) is 97.3 Å². The molecule has 0 saturated carbocycles. The molecule has 1 atom stereocenters. The van der Waals surface area contributed by atoms with Crippen molar-refractivity contribution in [2.24, 2.45) is 0 Å². The predicted molar refractivity (Wildman–Crippen MR) is 135 cm³/mol. The van der Waals surface area contributed by atoms with E-state index in [4.69, 9.17) is 4.74 Å². The summed E-state index contributed by atoms with van der Waals surface area (Å²) < 4.78 is 7.75. The molecular weight excluding hydrogens is 446 g/mol. The van der Waals surface area contributed by atoms with Crippen LogP contribution in [0.15, 0.2) is 96.9 Å². The summed E-state index contributed by atoms with van der Waals surface area (Å²) in [5, 5.41) is 11.9. The standard InChI is InChI=1S/C26H25N5O2S/c1-3-17-31-24(21-13-15-27-16-14-21)29-30-26(31)34-19(2)25(32)28-22-9-11-23(12-10-22)33-18-20-7-5-4-6-8-20/h3-16,19H,1,17-18H2,2H3,(H,28,32). The van der Waals surface area contributed by atoms with E-state index < -0.39 is 0 Å². The van der Waals surface area contributed by atoms with E-state index in [9.17, 15) is 4.79 Å². The number of rotatable bonds is 10. The average molecular weight is 472 g/mol. The van der Waals surface area contributed by atoms with Crippen molar-refractivity contribution in [3.63, 3.8) is 0 Å². The minimum atomic E-state index is -0.382. The number of pyridine rings is 1. The first kappa shape index (κ1) is 23.3. The molecule has 0 aliphatic rings. The Morgan fingerprint density at radius 2 is 1.82 bits per heavy atom. The van der Waals surface area contributed by atoms with Crippen molar-refractivity contribution in [3.8, 4) is 17.1 Å². The lowest BCUT2D eigenvalue weighted by Gasteiger charge is -2.13. The molecule has 0 bridgehead atoms. The molecule has 2 aromatic carbocycles. The van der Waals surface area contributed by atoms with Crippen LogP contribution in [0.25, 0.3) is 11.4 Å². The number of carbonyl (C=O) groups is 1. The second kappa shape index (κ2) is 11.3. The van der Waals surface area contributed by atoms with E-state index >= 15 is 0 Å². The van der Waals surface area contributed by atoms with Crippen LogP contribution in [0.4, 0.5) is 5.69 Å². The third-order valence-corrected chi connectivity index (χ3v) is 6.07. The molecule has 172 valence electrons. The van der Waals surface area contributed by atoms with Gasteiger partial charge in [0, 0.05) is 30.2 Å². The summed E-state index contributed by atoms with van der Waals surface area (Å²) in [7, 11) is 0. The highest BCUT2D eigenvalue weighted by atomic mass is 32.2. The van der Waals surface area contributed by atoms with Gasteiger partial charge in [0.2, 0.25) is 5.91 Å². The van der Waals surface area contributed by atoms with Crippen molar-refractivity contribution < 1.29 is 9.53 Å². The monoisotopic (exact) mass is 471 g/mol. The van der Waals surface area contributed by atoms with Gasteiger partial charge in [-0.3, -0.25) is 14.3 Å². The van der Waals surface area contributed by atoms with Crippen molar-refractivity contribution in [2.75, 3.05) is 5.32 Å². The first-order chi connectivity index (χ1) is 16.6. The van der Waals surface area contributed by atoms with E-state index in [1.54, 1.807) is 18.5 Å². The molecule has 0 aliphatic carbocycles. The maximum atomic E-state index is 12.8. The molecule has 7 nitrogen and oxygen atoms in total. The highest BCUT2D eigenvalue weighted by molar-refractivity contribution is 8.00. The Balaban J connectivity index is 1.37. The first-order valence-electron chi connectivity index (χ1n) is 10.8. The highest BCUT2D eigenvalue weighted by Crippen LogP contribution is 2.27. The Bertz CT molecular complexity index is 1230. The van der Waals surface area contributed by atoms with Gasteiger partial charge >= 0.3 is 0 Å². The average Bonchev–Trinajstić information content (AvgIpc) is 3.27. The van der Waals surface area contributed by atoms with E-state index in [2.05, 4.69) is 27.1 Å². The van der Waals surface area contributed by atoms with E-state index in [1.165, 1.54) is 11.8 Å². The number of carbonyl (C=O) groups excluding carboxylic acids is 1. The number of anilines is 1. The molecule has 0 saturated heterocycles. The van der Waals surface area contributed by atoms with E-state index in [0.29, 0.717) is 29.8 Å². The van der Waals surface area contributed by atoms with Crippen molar-refractivity contribution in [1.82, 2.24) is 19.7 Å². The number of benzene rings is 2. The normalized spacial score (nSPS) is 11.6. The summed E-state index contributed by atoms with van der Waals surface area (Å²) in [6.45, 7) is 6.70. The number of nitrogens with zero attached hydrogens (tertiary/aromatic N) is 4. The molecule has 0 aliphatic heterocycles. The third kappa shape index (κ3) is 5.90. The van der Waals surface area contributed by atoms with Crippen LogP contribution in [0.5, 0.6) is 5.75 Å². The van der Waals surface area contributed by atoms with Gasteiger partial charge in [-0.15, -0.1) is 16.8 Å². The van der Waals surface area contributed by atoms with E-state index in [-0.39, 0.29) is 11.2 Å². The first-order valence-corrected chi connectivity index (χ1v) is 11.7. The second-order valence-electron chi connectivity index (χ2n) is 7.49. The molecule has 4 aromatic rings. The summed E-state index contributed by atoms with van der Waals surface area (Å²) in [5.74, 6) is 1.33. The van der Waals surface area contributed by atoms with Gasteiger partial charge in [0.15, 0.2) is 11.0 Å². The van der Waals surface area contributed by atoms with Crippen LogP contribution in [0.3, 0.4) is 0 Å². The van der Waals surface area contributed by atoms with Gasteiger partial charge < -0.3 is 10.1 Å². The predicted octanol–water partition coefficient (Wildman–Crippen LogP) is 5.22. The number of ether oxygens (including phenoxy) is 1. The van der Waals surface area contributed by atoms with Crippen LogP contribution < -0.4 is 10.1 Å². The quantitative estimate of drug-likeness (QED) is 0.252. The fourth-order valence-electron chi connectivity index (χ4n) is 3.22. The Labute approximate surface area is 202 Å². The maximum absolute atomic E-state index is 12.8. The second-order valence-corrected chi connectivity index (χ2v) is 8.80. The van der Waals surface area contributed by atoms with Crippen LogP contribution in [0.1, 0.15) is 12.5 Å². The fraction of sp³-hybridized carbons (Fsp3) is 0.154. The fourth-order valence-corrected chi connectivity index (χ4v) is 4.07. The Morgan fingerprint density at radius 3 is 2.53 bits per heavy atom. The van der Waals surface area contributed by atoms with Crippen molar-refractivity contribution in [2.45, 2.75) is 30.5 Å². The Kier molecular flexibility index (Phi) is 7.72. The molecule has 4 rings (SSSR count). The lowest BCUT2D eigenvalue weighted by atomic mass is 10.2. The van der Waals surface area contributed by atoms with Gasteiger partial charge in [-0.2, -0.15) is 0 Å². The van der Waals surface area contributed by atoms with Crippen LogP contribution in [-0.4, -0.2) is 30.9 Å². The molecule has 1 unspecified atom stereocenters. The third-order valence-electron chi connectivity index (χ3n) is 4.99. The number of thioether (sulfide) groups is 1. The molecule has 2 heterocycles. The molecule has 0 spiro atoms. The lowest BCUT2D eigenvalue weighted by molar-refractivity contribution is -0.115. The number of aromatic nitrogens is 4. The topological polar surface area (TPSA) is 81.9 Å². The molecule has 34 heavy (non-hydrogen) atoms. The molecular formula is C26H25N5O2S. The summed E-state index contributed by atoms with van der Waals surface area (Å²) >= 11 is 1.35. The lowest BCUT2D eigenvalue weighted by Crippen LogP contribution is -2.23. The van der Waals surface area contributed by atoms with Gasteiger partial charge in [-0.25, -0.2) is 0 Å². The van der Waals surface area contributed by atoms with Gasteiger partial charge in [-0.1, -0.05) is 48.2 Å². The van der Waals surface area contributed by atoms with E-state index in [0.717, 1.165) is 16.9 Å². The number of amides is 1. The summed E-state index contributed by atoms with van der Waals surface area (Å²) in [6, 6.07) is 21.1. The Hall–Kier alpha value is -3.91. The number of nitrogens with one attached hydrogen (secondary N) is 1. The number of allylic oxidation sites excluding steroid dienone is 1. The maximum Gasteiger partial charge on any atom is 0.237 e. The Morgan fingerprint density at radius 1 is 1.09 bits per heavy atom. The summed E-state index contributed by atoms with van der Waals surface area (Å²) in [5.41, 5.74) is 2.71. The van der Waals surface area contributed by atoms with Gasteiger partial charge in [0.05, 0.1) is 5.25 Å².